The first kappa shape index (κ1) is 20.8. The molecule has 1 aromatic heterocycles. The topological polar surface area (TPSA) is 110 Å². The molecule has 30 heavy (non-hydrogen) atoms. The van der Waals surface area contributed by atoms with Crippen molar-refractivity contribution in [2.45, 2.75) is 6.61 Å². The molecule has 3 aromatic rings. The molecule has 0 bridgehead atoms. The van der Waals surface area contributed by atoms with Crippen LogP contribution in [0.1, 0.15) is 26.4 Å². The fourth-order valence-corrected chi connectivity index (χ4v) is 2.53. The molecular weight excluding hydrogens is 386 g/mol. The first-order chi connectivity index (χ1) is 14.7. The molecule has 0 atom stereocenters. The van der Waals surface area contributed by atoms with Crippen LogP contribution in [0.4, 0.5) is 0 Å². The average molecular weight is 407 g/mol. The second kappa shape index (κ2) is 10.6. The third-order valence-electron chi connectivity index (χ3n) is 4.09. The van der Waals surface area contributed by atoms with Crippen molar-refractivity contribution in [3.05, 3.63) is 89.7 Å². The molecule has 0 radical (unpaired) electrons. The third kappa shape index (κ3) is 6.05. The van der Waals surface area contributed by atoms with Crippen molar-refractivity contribution in [1.29, 1.82) is 0 Å². The van der Waals surface area contributed by atoms with Gasteiger partial charge in [0.2, 0.25) is 0 Å². The van der Waals surface area contributed by atoms with E-state index in [4.69, 9.17) is 14.7 Å². The monoisotopic (exact) mass is 407 g/mol. The van der Waals surface area contributed by atoms with Crippen molar-refractivity contribution in [3.8, 4) is 11.5 Å². The van der Waals surface area contributed by atoms with Gasteiger partial charge in [0, 0.05) is 5.56 Å². The van der Waals surface area contributed by atoms with E-state index in [-0.39, 0.29) is 24.8 Å². The van der Waals surface area contributed by atoms with E-state index in [1.54, 1.807) is 29.7 Å². The maximum Gasteiger partial charge on any atom is 0.274 e. The van der Waals surface area contributed by atoms with Gasteiger partial charge in [-0.3, -0.25) is 14.8 Å². The zero-order valence-electron chi connectivity index (χ0n) is 16.1. The molecular formula is C22H21N3O5. The number of hydrogen-bond donors (Lipinski definition) is 3. The molecule has 3 N–H and O–H groups in total. The molecule has 0 spiro atoms. The lowest BCUT2D eigenvalue weighted by atomic mass is 10.2. The molecule has 8 heteroatoms. The Morgan fingerprint density at radius 3 is 2.27 bits per heavy atom. The molecule has 3 rings (SSSR count). The van der Waals surface area contributed by atoms with E-state index in [2.05, 4.69) is 10.3 Å². The molecule has 154 valence electrons. The first-order valence-corrected chi connectivity index (χ1v) is 9.24. The van der Waals surface area contributed by atoms with Crippen LogP contribution < -0.4 is 20.3 Å². The van der Waals surface area contributed by atoms with Gasteiger partial charge in [-0.2, -0.15) is 0 Å². The van der Waals surface area contributed by atoms with E-state index in [0.717, 1.165) is 5.56 Å². The second-order valence-electron chi connectivity index (χ2n) is 6.22. The number of hydrogen-bond acceptors (Lipinski definition) is 6. The highest BCUT2D eigenvalue weighted by Gasteiger charge is 2.08. The van der Waals surface area contributed by atoms with E-state index in [1.807, 2.05) is 30.3 Å². The van der Waals surface area contributed by atoms with Crippen LogP contribution in [0.5, 0.6) is 11.5 Å². The minimum absolute atomic E-state index is 0.246. The van der Waals surface area contributed by atoms with E-state index in [1.165, 1.54) is 18.3 Å². The second-order valence-corrected chi connectivity index (χ2v) is 6.22. The summed E-state index contributed by atoms with van der Waals surface area (Å²) in [5, 5.41) is 11.3. The van der Waals surface area contributed by atoms with Crippen LogP contribution in [0.3, 0.4) is 0 Å². The van der Waals surface area contributed by atoms with Gasteiger partial charge < -0.3 is 14.8 Å². The van der Waals surface area contributed by atoms with Gasteiger partial charge in [0.15, 0.2) is 0 Å². The number of nitrogens with one attached hydrogen (secondary N) is 2. The Balaban J connectivity index is 1.40. The molecule has 0 unspecified atom stereocenters. The average Bonchev–Trinajstić information content (AvgIpc) is 2.81. The quantitative estimate of drug-likeness (QED) is 0.286. The molecule has 0 saturated heterocycles. The summed E-state index contributed by atoms with van der Waals surface area (Å²) in [5.41, 5.74) is 3.19. The van der Waals surface area contributed by atoms with Gasteiger partial charge in [-0.1, -0.05) is 30.3 Å². The Morgan fingerprint density at radius 2 is 1.60 bits per heavy atom. The lowest BCUT2D eigenvalue weighted by Gasteiger charge is -2.09. The summed E-state index contributed by atoms with van der Waals surface area (Å²) in [4.78, 5) is 27.5. The fraction of sp³-hybridized carbons (Fsp3) is 0.136. The number of carbonyl (C=O) groups excluding carboxylic acids is 2. The predicted octanol–water partition coefficient (Wildman–Crippen LogP) is 2.59. The number of pyridine rings is 1. The molecule has 0 aliphatic heterocycles. The molecule has 2 aromatic carbocycles. The normalized spacial score (nSPS) is 10.2. The van der Waals surface area contributed by atoms with E-state index < -0.39 is 5.91 Å². The lowest BCUT2D eigenvalue weighted by Crippen LogP contribution is -2.28. The van der Waals surface area contributed by atoms with Gasteiger partial charge >= 0.3 is 0 Å². The van der Waals surface area contributed by atoms with Gasteiger partial charge in [0.05, 0.1) is 12.7 Å². The van der Waals surface area contributed by atoms with Crippen LogP contribution in [-0.2, 0) is 6.61 Å². The van der Waals surface area contributed by atoms with Gasteiger partial charge in [0.25, 0.3) is 11.8 Å². The molecule has 0 saturated carbocycles. The highest BCUT2D eigenvalue weighted by Crippen LogP contribution is 2.13. The van der Waals surface area contributed by atoms with Crippen molar-refractivity contribution in [3.63, 3.8) is 0 Å². The van der Waals surface area contributed by atoms with Gasteiger partial charge in [-0.15, -0.1) is 0 Å². The van der Waals surface area contributed by atoms with Crippen molar-refractivity contribution >= 4 is 11.8 Å². The first-order valence-electron chi connectivity index (χ1n) is 9.24. The van der Waals surface area contributed by atoms with E-state index >= 15 is 0 Å². The van der Waals surface area contributed by atoms with Crippen molar-refractivity contribution in [2.24, 2.45) is 0 Å². The van der Waals surface area contributed by atoms with Crippen molar-refractivity contribution < 1.29 is 24.3 Å². The van der Waals surface area contributed by atoms with Crippen LogP contribution in [0.25, 0.3) is 0 Å². The number of hydroxylamine groups is 1. The maximum atomic E-state index is 12.2. The zero-order valence-corrected chi connectivity index (χ0v) is 16.1. The molecule has 0 fully saturated rings. The van der Waals surface area contributed by atoms with Crippen LogP contribution in [0.2, 0.25) is 0 Å². The largest absolute Gasteiger partial charge is 0.492 e. The van der Waals surface area contributed by atoms with Gasteiger partial charge in [0.1, 0.15) is 30.4 Å². The molecule has 2 amide bonds. The third-order valence-corrected chi connectivity index (χ3v) is 4.09. The molecule has 0 aliphatic carbocycles. The van der Waals surface area contributed by atoms with Gasteiger partial charge in [-0.25, -0.2) is 10.5 Å². The Morgan fingerprint density at radius 1 is 0.867 bits per heavy atom. The Hall–Kier alpha value is -3.91. The Kier molecular flexibility index (Phi) is 7.34. The highest BCUT2D eigenvalue weighted by molar-refractivity contribution is 5.93. The number of carbonyl (C=O) groups is 2. The lowest BCUT2D eigenvalue weighted by molar-refractivity contribution is 0.0706. The molecule has 1 heterocycles. The minimum Gasteiger partial charge on any atom is -0.492 e. The predicted molar refractivity (Wildman–Crippen MR) is 109 cm³/mol. The van der Waals surface area contributed by atoms with Crippen LogP contribution >= 0.6 is 0 Å². The van der Waals surface area contributed by atoms with Crippen LogP contribution in [-0.4, -0.2) is 35.2 Å². The number of rotatable bonds is 9. The fourth-order valence-electron chi connectivity index (χ4n) is 2.53. The Bertz CT molecular complexity index is 960. The Labute approximate surface area is 173 Å². The highest BCUT2D eigenvalue weighted by atomic mass is 16.5. The maximum absolute atomic E-state index is 12.2. The molecule has 8 nitrogen and oxygen atoms in total. The number of aromatic nitrogens is 1. The van der Waals surface area contributed by atoms with Crippen LogP contribution in [0.15, 0.2) is 72.9 Å². The standard InChI is InChI=1S/C22H21N3O5/c26-21(25-28)17-6-8-18(9-7-17)29-13-12-23-22(27)20-11-10-19(14-24-20)30-15-16-4-2-1-3-5-16/h1-11,14,28H,12-13,15H2,(H,23,27)(H,25,26). The number of ether oxygens (including phenoxy) is 2. The summed E-state index contributed by atoms with van der Waals surface area (Å²) in [5.74, 6) is 0.204. The van der Waals surface area contributed by atoms with Crippen LogP contribution in [0, 0.1) is 0 Å². The summed E-state index contributed by atoms with van der Waals surface area (Å²) in [6.07, 6.45) is 1.51. The van der Waals surface area contributed by atoms with E-state index in [9.17, 15) is 9.59 Å². The van der Waals surface area contributed by atoms with Gasteiger partial charge in [-0.05, 0) is 42.0 Å². The number of amides is 2. The summed E-state index contributed by atoms with van der Waals surface area (Å²) >= 11 is 0. The number of nitrogens with zero attached hydrogens (tertiary/aromatic N) is 1. The zero-order chi connectivity index (χ0) is 21.2. The van der Waals surface area contributed by atoms with Crippen molar-refractivity contribution in [1.82, 2.24) is 15.8 Å². The summed E-state index contributed by atoms with van der Waals surface area (Å²) < 4.78 is 11.2. The number of benzene rings is 2. The van der Waals surface area contributed by atoms with E-state index in [0.29, 0.717) is 23.7 Å². The smallest absolute Gasteiger partial charge is 0.274 e. The summed E-state index contributed by atoms with van der Waals surface area (Å²) in [6, 6.07) is 19.3. The molecule has 0 aliphatic rings. The SMILES string of the molecule is O=C(NO)c1ccc(OCCNC(=O)c2ccc(OCc3ccccc3)cn2)cc1. The summed E-state index contributed by atoms with van der Waals surface area (Å²) in [6.45, 7) is 0.957. The van der Waals surface area contributed by atoms with Crippen molar-refractivity contribution in [2.75, 3.05) is 13.2 Å². The summed E-state index contributed by atoms with van der Waals surface area (Å²) in [7, 11) is 0. The minimum atomic E-state index is -0.599.